The number of carbonyl (C=O) groups excluding carboxylic acids is 2. The lowest BCUT2D eigenvalue weighted by Gasteiger charge is -2.21. The Morgan fingerprint density at radius 2 is 1.61 bits per heavy atom. The molecule has 0 saturated carbocycles. The fourth-order valence-electron chi connectivity index (χ4n) is 4.51. The summed E-state index contributed by atoms with van der Waals surface area (Å²) in [5, 5.41) is 23.5. The molecule has 1 aliphatic carbocycles. The number of benzene rings is 3. The van der Waals surface area contributed by atoms with Crippen LogP contribution >= 0.6 is 0 Å². The van der Waals surface area contributed by atoms with E-state index in [-0.39, 0.29) is 43.2 Å². The van der Waals surface area contributed by atoms with Gasteiger partial charge in [0.25, 0.3) is 0 Å². The summed E-state index contributed by atoms with van der Waals surface area (Å²) >= 11 is 0. The first-order chi connectivity index (χ1) is 17.4. The third kappa shape index (κ3) is 5.40. The first kappa shape index (κ1) is 25.3. The number of aliphatic hydroxyl groups excluding tert-OH is 2. The Morgan fingerprint density at radius 3 is 2.25 bits per heavy atom. The number of alkyl carbamates (subject to hydrolysis) is 1. The predicted octanol–water partition coefficient (Wildman–Crippen LogP) is 4.33. The third-order valence-electron chi connectivity index (χ3n) is 6.25. The van der Waals surface area contributed by atoms with Crippen molar-refractivity contribution >= 4 is 12.1 Å². The molecular formula is C28H28FNO6. The number of nitrogens with one attached hydrogen (secondary N) is 1. The monoisotopic (exact) mass is 493 g/mol. The van der Waals surface area contributed by atoms with Crippen molar-refractivity contribution in [2.24, 2.45) is 0 Å². The Bertz CT molecular complexity index is 1200. The van der Waals surface area contributed by atoms with Crippen molar-refractivity contribution in [1.29, 1.82) is 0 Å². The molecule has 3 aromatic carbocycles. The first-order valence-electron chi connectivity index (χ1n) is 11.8. The van der Waals surface area contributed by atoms with Gasteiger partial charge in [0.15, 0.2) is 0 Å². The zero-order chi connectivity index (χ0) is 25.7. The van der Waals surface area contributed by atoms with Gasteiger partial charge in [-0.25, -0.2) is 14.0 Å². The molecule has 8 heteroatoms. The van der Waals surface area contributed by atoms with Crippen LogP contribution in [0.3, 0.4) is 0 Å². The van der Waals surface area contributed by atoms with E-state index >= 15 is 0 Å². The van der Waals surface area contributed by atoms with Crippen molar-refractivity contribution in [2.45, 2.75) is 31.5 Å². The van der Waals surface area contributed by atoms with E-state index in [1.807, 2.05) is 48.5 Å². The van der Waals surface area contributed by atoms with Crippen LogP contribution in [0.4, 0.5) is 9.18 Å². The van der Waals surface area contributed by atoms with Gasteiger partial charge in [0.05, 0.1) is 18.3 Å². The fraction of sp³-hybridized carbons (Fsp3) is 0.286. The van der Waals surface area contributed by atoms with Crippen LogP contribution in [0, 0.1) is 5.82 Å². The minimum absolute atomic E-state index is 0.00104. The second kappa shape index (κ2) is 11.3. The number of fused-ring (bicyclic) bond motifs is 3. The van der Waals surface area contributed by atoms with E-state index in [0.29, 0.717) is 0 Å². The number of ether oxygens (including phenoxy) is 2. The molecule has 1 amide bonds. The molecule has 0 bridgehead atoms. The maximum absolute atomic E-state index is 13.8. The second-order valence-electron chi connectivity index (χ2n) is 8.51. The Morgan fingerprint density at radius 1 is 0.972 bits per heavy atom. The molecule has 0 aliphatic heterocycles. The van der Waals surface area contributed by atoms with Crippen LogP contribution in [-0.2, 0) is 9.47 Å². The third-order valence-corrected chi connectivity index (χ3v) is 6.25. The average Bonchev–Trinajstić information content (AvgIpc) is 3.20. The largest absolute Gasteiger partial charge is 0.462 e. The lowest BCUT2D eigenvalue weighted by Crippen LogP contribution is -2.31. The molecule has 188 valence electrons. The van der Waals surface area contributed by atoms with Crippen molar-refractivity contribution in [3.05, 3.63) is 94.8 Å². The van der Waals surface area contributed by atoms with Gasteiger partial charge in [-0.2, -0.15) is 0 Å². The standard InChI is InChI=1S/C28H28FNO6/c1-2-35-27(33)22-12-11-17(29)15-23(22)26(32)25(31)13-14-30-28(34)36-16-24-20-9-5-3-7-18(20)19-8-4-6-10-21(19)24/h3-12,15,24-26,31-32H,2,13-14,16H2,1H3,(H,30,34). The summed E-state index contributed by atoms with van der Waals surface area (Å²) in [5.41, 5.74) is 4.32. The minimum atomic E-state index is -1.55. The van der Waals surface area contributed by atoms with Crippen molar-refractivity contribution in [3.8, 4) is 11.1 Å². The van der Waals surface area contributed by atoms with Crippen LogP contribution < -0.4 is 5.32 Å². The molecule has 36 heavy (non-hydrogen) atoms. The van der Waals surface area contributed by atoms with E-state index in [4.69, 9.17) is 9.47 Å². The first-order valence-corrected chi connectivity index (χ1v) is 11.8. The van der Waals surface area contributed by atoms with Crippen LogP contribution in [0.25, 0.3) is 11.1 Å². The summed E-state index contributed by atoms with van der Waals surface area (Å²) in [7, 11) is 0. The number of rotatable bonds is 9. The van der Waals surface area contributed by atoms with Gasteiger partial charge in [-0.1, -0.05) is 48.5 Å². The summed E-state index contributed by atoms with van der Waals surface area (Å²) in [6.45, 7) is 1.88. The Hall–Kier alpha value is -3.75. The number of hydrogen-bond acceptors (Lipinski definition) is 6. The summed E-state index contributed by atoms with van der Waals surface area (Å²) in [6.07, 6.45) is -3.63. The summed E-state index contributed by atoms with van der Waals surface area (Å²) < 4.78 is 24.1. The smallest absolute Gasteiger partial charge is 0.407 e. The van der Waals surface area contributed by atoms with Crippen molar-refractivity contribution in [1.82, 2.24) is 5.32 Å². The lowest BCUT2D eigenvalue weighted by molar-refractivity contribution is 0.0122. The van der Waals surface area contributed by atoms with Gasteiger partial charge < -0.3 is 25.0 Å². The zero-order valence-electron chi connectivity index (χ0n) is 19.8. The summed E-state index contributed by atoms with van der Waals surface area (Å²) in [5.74, 6) is -1.47. The quantitative estimate of drug-likeness (QED) is 0.384. The van der Waals surface area contributed by atoms with Crippen LogP contribution in [0.5, 0.6) is 0 Å². The summed E-state index contributed by atoms with van der Waals surface area (Å²) in [4.78, 5) is 24.4. The highest BCUT2D eigenvalue weighted by molar-refractivity contribution is 5.91. The highest BCUT2D eigenvalue weighted by Crippen LogP contribution is 2.44. The highest BCUT2D eigenvalue weighted by Gasteiger charge is 2.29. The SMILES string of the molecule is CCOC(=O)c1ccc(F)cc1C(O)C(O)CCNC(=O)OCC1c2ccccc2-c2ccccc21. The number of halogens is 1. The number of hydrogen-bond donors (Lipinski definition) is 3. The van der Waals surface area contributed by atoms with Gasteiger partial charge in [-0.15, -0.1) is 0 Å². The van der Waals surface area contributed by atoms with E-state index in [1.165, 1.54) is 6.07 Å². The van der Waals surface area contributed by atoms with Crippen LogP contribution in [0.2, 0.25) is 0 Å². The van der Waals surface area contributed by atoms with E-state index in [0.717, 1.165) is 34.4 Å². The van der Waals surface area contributed by atoms with Gasteiger partial charge in [0, 0.05) is 18.0 Å². The van der Waals surface area contributed by atoms with Crippen molar-refractivity contribution < 1.29 is 33.7 Å². The van der Waals surface area contributed by atoms with Crippen molar-refractivity contribution in [2.75, 3.05) is 19.8 Å². The number of amides is 1. The topological polar surface area (TPSA) is 105 Å². The highest BCUT2D eigenvalue weighted by atomic mass is 19.1. The molecule has 0 radical (unpaired) electrons. The molecule has 3 N–H and O–H groups in total. The van der Waals surface area contributed by atoms with Crippen LogP contribution in [-0.4, -0.2) is 48.1 Å². The van der Waals surface area contributed by atoms with E-state index in [1.54, 1.807) is 6.92 Å². The lowest BCUT2D eigenvalue weighted by atomic mass is 9.97. The van der Waals surface area contributed by atoms with E-state index in [9.17, 15) is 24.2 Å². The van der Waals surface area contributed by atoms with Gasteiger partial charge in [-0.05, 0) is 53.8 Å². The molecule has 1 aliphatic rings. The number of aliphatic hydroxyl groups is 2. The number of esters is 1. The zero-order valence-corrected chi connectivity index (χ0v) is 19.8. The van der Waals surface area contributed by atoms with E-state index < -0.39 is 30.1 Å². The molecule has 0 saturated heterocycles. The van der Waals surface area contributed by atoms with Gasteiger partial charge >= 0.3 is 12.1 Å². The molecule has 0 spiro atoms. The predicted molar refractivity (Wildman–Crippen MR) is 131 cm³/mol. The Balaban J connectivity index is 1.31. The maximum Gasteiger partial charge on any atom is 0.407 e. The van der Waals surface area contributed by atoms with Crippen molar-refractivity contribution in [3.63, 3.8) is 0 Å². The summed E-state index contributed by atoms with van der Waals surface area (Å²) in [6, 6.07) is 19.3. The molecule has 2 atom stereocenters. The van der Waals surface area contributed by atoms with Gasteiger partial charge in [0.2, 0.25) is 0 Å². The van der Waals surface area contributed by atoms with Gasteiger partial charge in [0.1, 0.15) is 18.5 Å². The molecule has 4 rings (SSSR count). The molecular weight excluding hydrogens is 465 g/mol. The minimum Gasteiger partial charge on any atom is -0.462 e. The molecule has 7 nitrogen and oxygen atoms in total. The van der Waals surface area contributed by atoms with Gasteiger partial charge in [-0.3, -0.25) is 0 Å². The molecule has 2 unspecified atom stereocenters. The fourth-order valence-corrected chi connectivity index (χ4v) is 4.51. The molecule has 0 heterocycles. The normalized spacial score (nSPS) is 13.9. The van der Waals surface area contributed by atoms with E-state index in [2.05, 4.69) is 5.32 Å². The maximum atomic E-state index is 13.8. The number of carbonyl (C=O) groups is 2. The molecule has 0 aromatic heterocycles. The average molecular weight is 494 g/mol. The van der Waals surface area contributed by atoms with Crippen LogP contribution in [0.15, 0.2) is 66.7 Å². The Labute approximate surface area is 208 Å². The molecule has 3 aromatic rings. The second-order valence-corrected chi connectivity index (χ2v) is 8.51. The Kier molecular flexibility index (Phi) is 7.97. The van der Waals surface area contributed by atoms with Crippen LogP contribution in [0.1, 0.15) is 52.4 Å². The molecule has 0 fully saturated rings.